The molecule has 0 saturated carbocycles. The highest BCUT2D eigenvalue weighted by molar-refractivity contribution is 5.79. The Balaban J connectivity index is 1.95. The van der Waals surface area contributed by atoms with Crippen molar-refractivity contribution >= 4 is 16.7 Å². The molecule has 26 heavy (non-hydrogen) atoms. The van der Waals surface area contributed by atoms with E-state index in [9.17, 15) is 0 Å². The molecule has 0 bridgehead atoms. The van der Waals surface area contributed by atoms with E-state index in [0.29, 0.717) is 0 Å². The maximum atomic E-state index is 6.14. The normalized spacial score (nSPS) is 11.7. The first-order valence-corrected chi connectivity index (χ1v) is 8.52. The predicted octanol–water partition coefficient (Wildman–Crippen LogP) is 5.65. The first-order chi connectivity index (χ1) is 12.7. The Labute approximate surface area is 152 Å². The van der Waals surface area contributed by atoms with Crippen LogP contribution in [0.2, 0.25) is 0 Å². The van der Waals surface area contributed by atoms with Crippen LogP contribution in [0.5, 0.6) is 5.75 Å². The minimum absolute atomic E-state index is 0.800. The second-order valence-electron chi connectivity index (χ2n) is 6.17. The molecule has 1 heterocycles. The topological polar surface area (TPSA) is 34.7 Å². The summed E-state index contributed by atoms with van der Waals surface area (Å²) < 4.78 is 11.4. The fraction of sp³-hybridized carbons (Fsp3) is 0.0870. The zero-order valence-corrected chi connectivity index (χ0v) is 14.8. The molecule has 0 atom stereocenters. The fourth-order valence-electron chi connectivity index (χ4n) is 2.92. The van der Waals surface area contributed by atoms with E-state index in [1.165, 1.54) is 5.56 Å². The number of benzene rings is 3. The van der Waals surface area contributed by atoms with Crippen LogP contribution in [0.1, 0.15) is 5.56 Å². The van der Waals surface area contributed by atoms with Crippen molar-refractivity contribution in [1.29, 1.82) is 0 Å². The maximum Gasteiger partial charge on any atom is 0.136 e. The first-order valence-electron chi connectivity index (χ1n) is 8.52. The third kappa shape index (κ3) is 3.24. The average molecular weight is 341 g/mol. The van der Waals surface area contributed by atoms with Crippen molar-refractivity contribution in [1.82, 2.24) is 0 Å². The van der Waals surface area contributed by atoms with Crippen LogP contribution >= 0.6 is 0 Å². The molecule has 0 aliphatic carbocycles. The van der Waals surface area contributed by atoms with E-state index >= 15 is 0 Å². The summed E-state index contributed by atoms with van der Waals surface area (Å²) in [6.07, 6.45) is 0. The third-order valence-corrected chi connectivity index (χ3v) is 4.28. The molecule has 0 unspecified atom stereocenters. The van der Waals surface area contributed by atoms with E-state index in [-0.39, 0.29) is 0 Å². The van der Waals surface area contributed by atoms with Gasteiger partial charge in [-0.15, -0.1) is 0 Å². The minimum atomic E-state index is 0.800. The summed E-state index contributed by atoms with van der Waals surface area (Å²) in [7, 11) is 1.66. The van der Waals surface area contributed by atoms with E-state index in [1.54, 1.807) is 7.11 Å². The lowest BCUT2D eigenvalue weighted by atomic mass is 10.1. The van der Waals surface area contributed by atoms with Crippen LogP contribution in [0.15, 0.2) is 88.3 Å². The van der Waals surface area contributed by atoms with Gasteiger partial charge in [-0.2, -0.15) is 0 Å². The monoisotopic (exact) mass is 341 g/mol. The van der Waals surface area contributed by atoms with Gasteiger partial charge in [-0.05, 0) is 43.3 Å². The summed E-state index contributed by atoms with van der Waals surface area (Å²) in [5.41, 5.74) is 3.90. The number of rotatable bonds is 3. The number of ether oxygens (including phenoxy) is 1. The van der Waals surface area contributed by atoms with Gasteiger partial charge in [0.25, 0.3) is 0 Å². The van der Waals surface area contributed by atoms with Crippen LogP contribution in [0, 0.1) is 6.92 Å². The number of aryl methyl sites for hydroxylation is 1. The van der Waals surface area contributed by atoms with E-state index in [2.05, 4.69) is 19.1 Å². The van der Waals surface area contributed by atoms with Gasteiger partial charge in [0.05, 0.1) is 18.2 Å². The Morgan fingerprint density at radius 2 is 1.62 bits per heavy atom. The molecule has 3 nitrogen and oxygen atoms in total. The third-order valence-electron chi connectivity index (χ3n) is 4.28. The molecule has 0 amide bonds. The quantitative estimate of drug-likeness (QED) is 0.483. The van der Waals surface area contributed by atoms with Crippen LogP contribution in [0.25, 0.3) is 22.3 Å². The van der Waals surface area contributed by atoms with Gasteiger partial charge in [-0.1, -0.05) is 42.0 Å². The van der Waals surface area contributed by atoms with Crippen LogP contribution in [-0.4, -0.2) is 7.11 Å². The SMILES string of the molecule is COc1ccc(N=c2cc(-c3ccccc3)oc3ccc(C)cc23)cc1. The lowest BCUT2D eigenvalue weighted by Crippen LogP contribution is -2.03. The minimum Gasteiger partial charge on any atom is -0.497 e. The molecule has 0 saturated heterocycles. The highest BCUT2D eigenvalue weighted by Gasteiger charge is 2.06. The van der Waals surface area contributed by atoms with Crippen LogP contribution in [-0.2, 0) is 0 Å². The number of nitrogens with zero attached hydrogens (tertiary/aromatic N) is 1. The van der Waals surface area contributed by atoms with Gasteiger partial charge in [-0.25, -0.2) is 4.99 Å². The van der Waals surface area contributed by atoms with Crippen molar-refractivity contribution in [3.05, 3.63) is 89.8 Å². The number of hydrogen-bond donors (Lipinski definition) is 0. The van der Waals surface area contributed by atoms with Crippen molar-refractivity contribution in [2.45, 2.75) is 6.92 Å². The molecule has 0 spiro atoms. The first kappa shape index (κ1) is 16.2. The van der Waals surface area contributed by atoms with Crippen LogP contribution in [0.4, 0.5) is 5.69 Å². The zero-order chi connectivity index (χ0) is 17.9. The van der Waals surface area contributed by atoms with Crippen molar-refractivity contribution < 1.29 is 9.15 Å². The van der Waals surface area contributed by atoms with Gasteiger partial charge >= 0.3 is 0 Å². The molecule has 0 fully saturated rings. The molecular weight excluding hydrogens is 322 g/mol. The molecule has 3 heteroatoms. The Hall–Kier alpha value is -3.33. The lowest BCUT2D eigenvalue weighted by Gasteiger charge is -2.06. The Kier molecular flexibility index (Phi) is 4.28. The van der Waals surface area contributed by atoms with Crippen LogP contribution in [0.3, 0.4) is 0 Å². The molecule has 0 N–H and O–H groups in total. The Bertz CT molecular complexity index is 1110. The summed E-state index contributed by atoms with van der Waals surface area (Å²) in [4.78, 5) is 4.86. The predicted molar refractivity (Wildman–Crippen MR) is 105 cm³/mol. The Morgan fingerprint density at radius 1 is 0.846 bits per heavy atom. The van der Waals surface area contributed by atoms with Crippen molar-refractivity contribution in [3.63, 3.8) is 0 Å². The second-order valence-corrected chi connectivity index (χ2v) is 6.17. The fourth-order valence-corrected chi connectivity index (χ4v) is 2.92. The van der Waals surface area contributed by atoms with Crippen molar-refractivity contribution in [2.75, 3.05) is 7.11 Å². The highest BCUT2D eigenvalue weighted by atomic mass is 16.5. The van der Waals surface area contributed by atoms with Crippen molar-refractivity contribution in [3.8, 4) is 17.1 Å². The standard InChI is InChI=1S/C23H19NO2/c1-16-8-13-22-20(14-16)21(24-18-9-11-19(25-2)12-10-18)15-23(26-22)17-6-4-3-5-7-17/h3-15H,1-2H3. The summed E-state index contributed by atoms with van der Waals surface area (Å²) >= 11 is 0. The maximum absolute atomic E-state index is 6.14. The van der Waals surface area contributed by atoms with E-state index in [4.69, 9.17) is 14.1 Å². The summed E-state index contributed by atoms with van der Waals surface area (Å²) in [5, 5.41) is 1.89. The van der Waals surface area contributed by atoms with E-state index in [1.807, 2.05) is 66.7 Å². The number of hydrogen-bond acceptors (Lipinski definition) is 3. The van der Waals surface area contributed by atoms with E-state index < -0.39 is 0 Å². The molecule has 3 aromatic carbocycles. The average Bonchev–Trinajstić information content (AvgIpc) is 2.69. The van der Waals surface area contributed by atoms with Gasteiger partial charge < -0.3 is 9.15 Å². The molecule has 0 radical (unpaired) electrons. The van der Waals surface area contributed by atoms with Gasteiger partial charge in [0, 0.05) is 17.0 Å². The van der Waals surface area contributed by atoms with Gasteiger partial charge in [0.1, 0.15) is 17.1 Å². The molecular formula is C23H19NO2. The van der Waals surface area contributed by atoms with Gasteiger partial charge in [0.15, 0.2) is 0 Å². The highest BCUT2D eigenvalue weighted by Crippen LogP contribution is 2.24. The zero-order valence-electron chi connectivity index (χ0n) is 14.8. The molecule has 1 aromatic heterocycles. The van der Waals surface area contributed by atoms with E-state index in [0.717, 1.165) is 39.1 Å². The van der Waals surface area contributed by atoms with Gasteiger partial charge in [0.2, 0.25) is 0 Å². The molecule has 0 aliphatic heterocycles. The van der Waals surface area contributed by atoms with Gasteiger partial charge in [-0.3, -0.25) is 0 Å². The smallest absolute Gasteiger partial charge is 0.136 e. The molecule has 4 rings (SSSR count). The van der Waals surface area contributed by atoms with Crippen LogP contribution < -0.4 is 10.1 Å². The largest absolute Gasteiger partial charge is 0.497 e. The summed E-state index contributed by atoms with van der Waals surface area (Å²) in [5.74, 6) is 1.62. The second kappa shape index (κ2) is 6.89. The summed E-state index contributed by atoms with van der Waals surface area (Å²) in [6, 6.07) is 26.0. The Morgan fingerprint density at radius 3 is 2.35 bits per heavy atom. The summed E-state index contributed by atoms with van der Waals surface area (Å²) in [6.45, 7) is 2.07. The number of fused-ring (bicyclic) bond motifs is 1. The molecule has 4 aromatic rings. The lowest BCUT2D eigenvalue weighted by molar-refractivity contribution is 0.415. The molecule has 0 aliphatic rings. The molecule has 128 valence electrons. The number of methoxy groups -OCH3 is 1. The van der Waals surface area contributed by atoms with Crippen molar-refractivity contribution in [2.24, 2.45) is 4.99 Å².